The predicted molar refractivity (Wildman–Crippen MR) is 28.6 cm³/mol. The first kappa shape index (κ1) is 10.9. The second kappa shape index (κ2) is 3.96. The number of rotatable bonds is 0. The molecule has 7 heavy (non-hydrogen) atoms. The summed E-state index contributed by atoms with van der Waals surface area (Å²) in [6, 6.07) is 0. The molecule has 3 heteroatoms. The molecule has 0 aromatic rings. The van der Waals surface area contributed by atoms with Crippen LogP contribution in [0.3, 0.4) is 0 Å². The van der Waals surface area contributed by atoms with Crippen molar-refractivity contribution < 1.29 is 29.6 Å². The van der Waals surface area contributed by atoms with E-state index in [1.165, 1.54) is 0 Å². The molecule has 35 valence electrons. The SMILES string of the molecule is [B-]NC(C)(C)C.[Na+]. The molecule has 0 aromatic heterocycles. The molecule has 0 atom stereocenters. The number of nitrogens with one attached hydrogen (secondary N) is 1. The van der Waals surface area contributed by atoms with Gasteiger partial charge in [0.2, 0.25) is 0 Å². The third kappa shape index (κ3) is 10.9. The summed E-state index contributed by atoms with van der Waals surface area (Å²) in [7, 11) is 5.06. The van der Waals surface area contributed by atoms with E-state index in [1.807, 2.05) is 20.8 Å². The summed E-state index contributed by atoms with van der Waals surface area (Å²) < 4.78 is 0. The van der Waals surface area contributed by atoms with Gasteiger partial charge in [0, 0.05) is 0 Å². The molecule has 0 bridgehead atoms. The van der Waals surface area contributed by atoms with E-state index in [2.05, 4.69) is 5.23 Å². The van der Waals surface area contributed by atoms with Crippen LogP contribution in [0.5, 0.6) is 0 Å². The fourth-order valence-electron chi connectivity index (χ4n) is 0. The molecule has 0 rings (SSSR count). The van der Waals surface area contributed by atoms with Crippen LogP contribution in [-0.4, -0.2) is 13.5 Å². The Kier molecular flexibility index (Phi) is 6.17. The quantitative estimate of drug-likeness (QED) is 0.335. The van der Waals surface area contributed by atoms with Gasteiger partial charge in [-0.1, -0.05) is 20.8 Å². The molecule has 0 saturated carbocycles. The standard InChI is InChI=1S/C4H10BN.Na/c1-4(2,3)6-5;/h6H,1-3H3;/q-1;+1. The molecule has 0 aromatic carbocycles. The van der Waals surface area contributed by atoms with Gasteiger partial charge in [-0.3, -0.25) is 0 Å². The van der Waals surface area contributed by atoms with Crippen molar-refractivity contribution in [2.75, 3.05) is 0 Å². The van der Waals surface area contributed by atoms with Gasteiger partial charge >= 0.3 is 29.6 Å². The first-order valence-electron chi connectivity index (χ1n) is 2.04. The minimum absolute atomic E-state index is 0. The maximum atomic E-state index is 5.06. The van der Waals surface area contributed by atoms with Gasteiger partial charge in [-0.15, -0.1) is 0 Å². The first-order valence-corrected chi connectivity index (χ1v) is 2.04. The molecule has 0 spiro atoms. The van der Waals surface area contributed by atoms with Crippen LogP contribution in [-0.2, 0) is 0 Å². The van der Waals surface area contributed by atoms with E-state index in [0.29, 0.717) is 0 Å². The Morgan fingerprint density at radius 2 is 1.43 bits per heavy atom. The van der Waals surface area contributed by atoms with Crippen LogP contribution in [0.25, 0.3) is 0 Å². The predicted octanol–water partition coefficient (Wildman–Crippen LogP) is -2.54. The van der Waals surface area contributed by atoms with Crippen LogP contribution in [0, 0.1) is 0 Å². The number of hydrogen-bond donors (Lipinski definition) is 1. The van der Waals surface area contributed by atoms with Crippen LogP contribution in [0.2, 0.25) is 0 Å². The second-order valence-electron chi connectivity index (χ2n) is 2.39. The van der Waals surface area contributed by atoms with Crippen LogP contribution < -0.4 is 34.8 Å². The fraction of sp³-hybridized carbons (Fsp3) is 1.00. The molecular formula is C4H10BNNa. The summed E-state index contributed by atoms with van der Waals surface area (Å²) in [6.07, 6.45) is 0. The van der Waals surface area contributed by atoms with Crippen molar-refractivity contribution in [2.45, 2.75) is 26.3 Å². The van der Waals surface area contributed by atoms with E-state index in [-0.39, 0.29) is 35.1 Å². The summed E-state index contributed by atoms with van der Waals surface area (Å²) in [5, 5.41) is 2.60. The van der Waals surface area contributed by atoms with Crippen LogP contribution in [0.1, 0.15) is 20.8 Å². The fourth-order valence-corrected chi connectivity index (χ4v) is 0. The third-order valence-corrected chi connectivity index (χ3v) is 0.433. The Morgan fingerprint density at radius 1 is 1.29 bits per heavy atom. The minimum atomic E-state index is 0. The van der Waals surface area contributed by atoms with Crippen molar-refractivity contribution in [1.82, 2.24) is 5.23 Å². The van der Waals surface area contributed by atoms with E-state index in [9.17, 15) is 0 Å². The van der Waals surface area contributed by atoms with Crippen molar-refractivity contribution in [3.8, 4) is 0 Å². The Bertz CT molecular complexity index is 41.4. The van der Waals surface area contributed by atoms with Gasteiger partial charge < -0.3 is 13.2 Å². The molecule has 0 aliphatic carbocycles. The maximum Gasteiger partial charge on any atom is 1.00 e. The van der Waals surface area contributed by atoms with E-state index >= 15 is 0 Å². The normalized spacial score (nSPS) is 10.3. The van der Waals surface area contributed by atoms with Gasteiger partial charge in [-0.25, -0.2) is 0 Å². The largest absolute Gasteiger partial charge is 1.00 e. The Morgan fingerprint density at radius 3 is 1.43 bits per heavy atom. The molecule has 0 fully saturated rings. The van der Waals surface area contributed by atoms with Crippen molar-refractivity contribution in [2.24, 2.45) is 0 Å². The Hall–Kier alpha value is 1.02. The van der Waals surface area contributed by atoms with Gasteiger partial charge in [-0.05, 0) is 5.54 Å². The van der Waals surface area contributed by atoms with Crippen LogP contribution in [0.4, 0.5) is 0 Å². The van der Waals surface area contributed by atoms with E-state index in [0.717, 1.165) is 0 Å². The van der Waals surface area contributed by atoms with Crippen molar-refractivity contribution in [3.05, 3.63) is 0 Å². The summed E-state index contributed by atoms with van der Waals surface area (Å²) >= 11 is 0. The molecule has 1 N–H and O–H groups in total. The molecule has 3 radical (unpaired) electrons. The molecule has 0 unspecified atom stereocenters. The average molecular weight is 106 g/mol. The molecule has 0 aliphatic rings. The van der Waals surface area contributed by atoms with Crippen molar-refractivity contribution in [3.63, 3.8) is 0 Å². The first-order chi connectivity index (χ1) is 2.56. The van der Waals surface area contributed by atoms with Crippen LogP contribution >= 0.6 is 0 Å². The zero-order valence-corrected chi connectivity index (χ0v) is 7.58. The summed E-state index contributed by atoms with van der Waals surface area (Å²) in [5.74, 6) is 0. The van der Waals surface area contributed by atoms with Crippen molar-refractivity contribution in [1.29, 1.82) is 0 Å². The Balaban J connectivity index is 0. The number of hydrogen-bond acceptors (Lipinski definition) is 1. The van der Waals surface area contributed by atoms with Gasteiger partial charge in [0.15, 0.2) is 0 Å². The molecule has 0 aliphatic heterocycles. The topological polar surface area (TPSA) is 12.0 Å². The van der Waals surface area contributed by atoms with E-state index < -0.39 is 0 Å². The zero-order chi connectivity index (χ0) is 5.21. The minimum Gasteiger partial charge on any atom is -0.588 e. The average Bonchev–Trinajstić information content (AvgIpc) is 1.35. The van der Waals surface area contributed by atoms with E-state index in [1.54, 1.807) is 0 Å². The zero-order valence-electron chi connectivity index (χ0n) is 5.58. The summed E-state index contributed by atoms with van der Waals surface area (Å²) in [6.45, 7) is 6.02. The van der Waals surface area contributed by atoms with Gasteiger partial charge in [0.05, 0.1) is 0 Å². The van der Waals surface area contributed by atoms with Crippen molar-refractivity contribution >= 4 is 7.98 Å². The molecule has 0 amide bonds. The van der Waals surface area contributed by atoms with Crippen LogP contribution in [0.15, 0.2) is 0 Å². The third-order valence-electron chi connectivity index (χ3n) is 0.433. The smallest absolute Gasteiger partial charge is 0.588 e. The monoisotopic (exact) mass is 106 g/mol. The molecular weight excluding hydrogens is 95.9 g/mol. The summed E-state index contributed by atoms with van der Waals surface area (Å²) in [5.41, 5.74) is 0.0694. The molecule has 0 heterocycles. The Labute approximate surface area is 69.0 Å². The van der Waals surface area contributed by atoms with Gasteiger partial charge in [-0.2, -0.15) is 0 Å². The maximum absolute atomic E-state index is 5.06. The van der Waals surface area contributed by atoms with Gasteiger partial charge in [0.1, 0.15) is 0 Å². The van der Waals surface area contributed by atoms with E-state index in [4.69, 9.17) is 7.98 Å². The molecule has 0 saturated heterocycles. The summed E-state index contributed by atoms with van der Waals surface area (Å²) in [4.78, 5) is 0. The molecule has 1 nitrogen and oxygen atoms in total. The van der Waals surface area contributed by atoms with Gasteiger partial charge in [0.25, 0.3) is 0 Å². The second-order valence-corrected chi connectivity index (χ2v) is 2.39.